The predicted molar refractivity (Wildman–Crippen MR) is 119 cm³/mol. The number of hydrogen-bond acceptors (Lipinski definition) is 5. The highest BCUT2D eigenvalue weighted by Crippen LogP contribution is 2.36. The molecule has 1 atom stereocenters. The lowest BCUT2D eigenvalue weighted by atomic mass is 9.89. The first-order valence-corrected chi connectivity index (χ1v) is 10.9. The van der Waals surface area contributed by atoms with E-state index in [0.717, 1.165) is 35.0 Å². The van der Waals surface area contributed by atoms with Crippen molar-refractivity contribution in [1.29, 1.82) is 0 Å². The van der Waals surface area contributed by atoms with Gasteiger partial charge in [0.2, 0.25) is 0 Å². The third-order valence-corrected chi connectivity index (χ3v) is 6.61. The predicted octanol–water partition coefficient (Wildman–Crippen LogP) is 5.25. The van der Waals surface area contributed by atoms with Gasteiger partial charge in [0.25, 0.3) is 5.56 Å². The molecule has 2 heterocycles. The minimum absolute atomic E-state index is 0.117. The summed E-state index contributed by atoms with van der Waals surface area (Å²) in [5, 5.41) is 1.10. The number of thiophene rings is 1. The number of hydrogen-bond donors (Lipinski definition) is 1. The highest BCUT2D eigenvalue weighted by atomic mass is 35.5. The molecule has 7 heteroatoms. The van der Waals surface area contributed by atoms with Crippen molar-refractivity contribution in [3.05, 3.63) is 50.4 Å². The number of halogens is 1. The maximum Gasteiger partial charge on any atom is 0.260 e. The Balaban J connectivity index is 1.73. The minimum Gasteiger partial charge on any atom is -0.493 e. The topological polar surface area (TPSA) is 64.2 Å². The van der Waals surface area contributed by atoms with E-state index in [-0.39, 0.29) is 5.56 Å². The first-order valence-electron chi connectivity index (χ1n) is 9.73. The molecular formula is C22H23ClN2O3S. The molecule has 1 aliphatic carbocycles. The van der Waals surface area contributed by atoms with Gasteiger partial charge in [-0.1, -0.05) is 24.6 Å². The van der Waals surface area contributed by atoms with Crippen LogP contribution in [0.15, 0.2) is 23.0 Å². The summed E-state index contributed by atoms with van der Waals surface area (Å²) in [6.07, 6.45) is 4.83. The van der Waals surface area contributed by atoms with Crippen LogP contribution in [-0.2, 0) is 12.8 Å². The molecule has 29 heavy (non-hydrogen) atoms. The highest BCUT2D eigenvalue weighted by Gasteiger charge is 2.23. The van der Waals surface area contributed by atoms with E-state index < -0.39 is 0 Å². The molecule has 152 valence electrons. The number of rotatable bonds is 5. The van der Waals surface area contributed by atoms with Gasteiger partial charge in [0.15, 0.2) is 17.3 Å². The zero-order valence-electron chi connectivity index (χ0n) is 16.7. The summed E-state index contributed by atoms with van der Waals surface area (Å²) in [6.45, 7) is 4.70. The van der Waals surface area contributed by atoms with Gasteiger partial charge < -0.3 is 14.5 Å². The van der Waals surface area contributed by atoms with Gasteiger partial charge in [0.05, 0.1) is 24.1 Å². The first kappa shape index (κ1) is 20.0. The van der Waals surface area contributed by atoms with Gasteiger partial charge in [0.1, 0.15) is 4.83 Å². The number of ether oxygens (including phenoxy) is 2. The van der Waals surface area contributed by atoms with Crippen LogP contribution < -0.4 is 15.0 Å². The van der Waals surface area contributed by atoms with E-state index in [1.165, 1.54) is 10.4 Å². The Hall–Kier alpha value is -2.31. The molecule has 1 aromatic carbocycles. The summed E-state index contributed by atoms with van der Waals surface area (Å²) in [5.74, 6) is 2.33. The number of nitrogens with one attached hydrogen (secondary N) is 1. The first-order chi connectivity index (χ1) is 14.0. The summed E-state index contributed by atoms with van der Waals surface area (Å²) in [4.78, 5) is 22.4. The fourth-order valence-electron chi connectivity index (χ4n) is 3.73. The lowest BCUT2D eigenvalue weighted by Crippen LogP contribution is -2.14. The van der Waals surface area contributed by atoms with Crippen molar-refractivity contribution in [2.24, 2.45) is 5.92 Å². The molecule has 4 rings (SSSR count). The van der Waals surface area contributed by atoms with Crippen molar-refractivity contribution >= 4 is 44.3 Å². The van der Waals surface area contributed by atoms with E-state index in [1.807, 2.05) is 25.1 Å². The second-order valence-corrected chi connectivity index (χ2v) is 8.77. The summed E-state index contributed by atoms with van der Waals surface area (Å²) in [7, 11) is 1.60. The Morgan fingerprint density at radius 1 is 1.41 bits per heavy atom. The Labute approximate surface area is 178 Å². The van der Waals surface area contributed by atoms with Crippen molar-refractivity contribution in [2.75, 3.05) is 13.7 Å². The number of aryl methyl sites for hydroxylation is 1. The van der Waals surface area contributed by atoms with E-state index in [1.54, 1.807) is 24.5 Å². The maximum absolute atomic E-state index is 12.8. The fourth-order valence-corrected chi connectivity index (χ4v) is 5.33. The summed E-state index contributed by atoms with van der Waals surface area (Å²) in [5.41, 5.74) is 1.88. The van der Waals surface area contributed by atoms with Gasteiger partial charge in [-0.25, -0.2) is 4.98 Å². The van der Waals surface area contributed by atoms with Crippen molar-refractivity contribution < 1.29 is 9.47 Å². The van der Waals surface area contributed by atoms with Crippen LogP contribution in [0.1, 0.15) is 42.1 Å². The Kier molecular flexibility index (Phi) is 5.65. The molecule has 0 aliphatic heterocycles. The molecule has 2 aromatic heterocycles. The zero-order valence-corrected chi connectivity index (χ0v) is 18.2. The molecule has 0 fully saturated rings. The normalized spacial score (nSPS) is 16.7. The zero-order chi connectivity index (χ0) is 20.5. The molecule has 0 amide bonds. The molecule has 0 radical (unpaired) electrons. The number of aromatic amines is 1. The third kappa shape index (κ3) is 3.91. The van der Waals surface area contributed by atoms with E-state index in [0.29, 0.717) is 34.9 Å². The van der Waals surface area contributed by atoms with Gasteiger partial charge >= 0.3 is 0 Å². The number of benzene rings is 1. The van der Waals surface area contributed by atoms with E-state index in [2.05, 4.69) is 16.9 Å². The van der Waals surface area contributed by atoms with Crippen molar-refractivity contribution in [3.63, 3.8) is 0 Å². The number of H-pyrrole nitrogens is 1. The van der Waals surface area contributed by atoms with Gasteiger partial charge in [-0.15, -0.1) is 11.3 Å². The number of methoxy groups -OCH3 is 1. The van der Waals surface area contributed by atoms with Crippen LogP contribution in [0.2, 0.25) is 0 Å². The van der Waals surface area contributed by atoms with Crippen LogP contribution >= 0.6 is 22.9 Å². The van der Waals surface area contributed by atoms with Gasteiger partial charge in [-0.2, -0.15) is 0 Å². The summed E-state index contributed by atoms with van der Waals surface area (Å²) >= 11 is 8.14. The smallest absolute Gasteiger partial charge is 0.260 e. The minimum atomic E-state index is -0.117. The van der Waals surface area contributed by atoms with Gasteiger partial charge in [-0.05, 0) is 61.4 Å². The lowest BCUT2D eigenvalue weighted by molar-refractivity contribution is 0.311. The van der Waals surface area contributed by atoms with Crippen LogP contribution in [0, 0.1) is 5.92 Å². The Morgan fingerprint density at radius 2 is 2.24 bits per heavy atom. The summed E-state index contributed by atoms with van der Waals surface area (Å²) < 4.78 is 10.9. The second kappa shape index (κ2) is 8.20. The molecule has 1 aliphatic rings. The summed E-state index contributed by atoms with van der Waals surface area (Å²) in [6, 6.07) is 5.56. The standard InChI is InChI=1S/C22H23ClN2O3S/c1-4-28-17-11-13(6-8-16(17)27-3)10-15(23)20-24-21(26)19-14-7-5-12(2)9-18(14)29-22(19)25-20/h6,8,10-12H,4-5,7,9H2,1-3H3,(H,24,25,26). The maximum atomic E-state index is 12.8. The number of aromatic nitrogens is 2. The number of fused-ring (bicyclic) bond motifs is 3. The van der Waals surface area contributed by atoms with Crippen LogP contribution in [0.25, 0.3) is 21.3 Å². The highest BCUT2D eigenvalue weighted by molar-refractivity contribution is 7.18. The Bertz CT molecular complexity index is 1150. The van der Waals surface area contributed by atoms with E-state index >= 15 is 0 Å². The van der Waals surface area contributed by atoms with Crippen LogP contribution in [0.5, 0.6) is 11.5 Å². The average Bonchev–Trinajstić information content (AvgIpc) is 3.06. The fraction of sp³-hybridized carbons (Fsp3) is 0.364. The monoisotopic (exact) mass is 430 g/mol. The largest absolute Gasteiger partial charge is 0.493 e. The molecule has 3 aromatic rings. The molecule has 1 N–H and O–H groups in total. The lowest BCUT2D eigenvalue weighted by Gasteiger charge is -2.17. The van der Waals surface area contributed by atoms with Gasteiger partial charge in [-0.3, -0.25) is 4.79 Å². The van der Waals surface area contributed by atoms with Crippen LogP contribution in [0.3, 0.4) is 0 Å². The van der Waals surface area contributed by atoms with E-state index in [4.69, 9.17) is 21.1 Å². The molecular weight excluding hydrogens is 408 g/mol. The molecule has 0 saturated heterocycles. The quantitative estimate of drug-likeness (QED) is 0.600. The van der Waals surface area contributed by atoms with Gasteiger partial charge in [0, 0.05) is 4.88 Å². The third-order valence-electron chi connectivity index (χ3n) is 5.17. The van der Waals surface area contributed by atoms with Crippen molar-refractivity contribution in [3.8, 4) is 11.5 Å². The molecule has 1 unspecified atom stereocenters. The number of nitrogens with zero attached hydrogens (tertiary/aromatic N) is 1. The average molecular weight is 431 g/mol. The molecule has 0 saturated carbocycles. The SMILES string of the molecule is CCOc1cc(C=C(Cl)c2nc3sc4c(c3c(=O)[nH]2)CCC(C)C4)ccc1OC. The molecule has 5 nitrogen and oxygen atoms in total. The van der Waals surface area contributed by atoms with Crippen LogP contribution in [-0.4, -0.2) is 23.7 Å². The molecule has 0 bridgehead atoms. The van der Waals surface area contributed by atoms with Crippen molar-refractivity contribution in [1.82, 2.24) is 9.97 Å². The van der Waals surface area contributed by atoms with Crippen molar-refractivity contribution in [2.45, 2.75) is 33.1 Å². The second-order valence-electron chi connectivity index (χ2n) is 7.28. The van der Waals surface area contributed by atoms with Crippen LogP contribution in [0.4, 0.5) is 0 Å². The van der Waals surface area contributed by atoms with E-state index in [9.17, 15) is 4.79 Å². The molecule has 0 spiro atoms. The Morgan fingerprint density at radius 3 is 3.00 bits per heavy atom.